The molecule has 7 aromatic rings. The highest BCUT2D eigenvalue weighted by atomic mass is 32.2. The second-order valence-electron chi connectivity index (χ2n) is 11.7. The number of thioether (sulfide) groups is 1. The highest BCUT2D eigenvalue weighted by molar-refractivity contribution is 8.00. The Morgan fingerprint density at radius 2 is 1.31 bits per heavy atom. The van der Waals surface area contributed by atoms with Gasteiger partial charge < -0.3 is 10.6 Å². The van der Waals surface area contributed by atoms with E-state index in [1.54, 1.807) is 36.4 Å². The quantitative estimate of drug-likeness (QED) is 0.120. The minimum atomic E-state index is -0.465. The van der Waals surface area contributed by atoms with Gasteiger partial charge in [-0.25, -0.2) is 0 Å². The molecule has 6 nitrogen and oxygen atoms in total. The Kier molecular flexibility index (Phi) is 9.08. The first-order valence-electron chi connectivity index (χ1n) is 16.2. The van der Waals surface area contributed by atoms with E-state index in [-0.39, 0.29) is 22.8 Å². The number of nitrogens with one attached hydrogen (secondary N) is 2. The lowest BCUT2D eigenvalue weighted by Gasteiger charge is -2.17. The molecule has 7 rings (SSSR count). The second kappa shape index (κ2) is 14.1. The Bertz CT molecular complexity index is 2320. The van der Waals surface area contributed by atoms with E-state index < -0.39 is 5.91 Å². The molecule has 1 heterocycles. The van der Waals surface area contributed by atoms with E-state index in [1.165, 1.54) is 11.8 Å². The van der Waals surface area contributed by atoms with Crippen molar-refractivity contribution in [2.75, 3.05) is 5.32 Å². The average Bonchev–Trinajstić information content (AvgIpc) is 3.48. The predicted octanol–water partition coefficient (Wildman–Crippen LogP) is 9.57. The zero-order chi connectivity index (χ0) is 33.7. The molecule has 49 heavy (non-hydrogen) atoms. The van der Waals surface area contributed by atoms with Gasteiger partial charge >= 0.3 is 0 Å². The van der Waals surface area contributed by atoms with E-state index in [4.69, 9.17) is 0 Å². The molecule has 0 saturated carbocycles. The molecule has 7 heteroatoms. The summed E-state index contributed by atoms with van der Waals surface area (Å²) < 4.78 is 1.83. The van der Waals surface area contributed by atoms with Crippen molar-refractivity contribution in [1.29, 1.82) is 0 Å². The summed E-state index contributed by atoms with van der Waals surface area (Å²) in [6, 6.07) is 46.0. The number of nitrogens with zero attached hydrogens (tertiary/aromatic N) is 1. The summed E-state index contributed by atoms with van der Waals surface area (Å²) in [6.07, 6.45) is 2.32. The van der Waals surface area contributed by atoms with Crippen LogP contribution in [0.15, 0.2) is 156 Å². The van der Waals surface area contributed by atoms with Gasteiger partial charge in [-0.2, -0.15) is 0 Å². The van der Waals surface area contributed by atoms with Crippen molar-refractivity contribution < 1.29 is 14.4 Å². The van der Waals surface area contributed by atoms with Crippen LogP contribution in [0.1, 0.15) is 34.1 Å². The number of amides is 2. The summed E-state index contributed by atoms with van der Waals surface area (Å²) >= 11 is 1.47. The van der Waals surface area contributed by atoms with Gasteiger partial charge in [0.2, 0.25) is 5.91 Å². The second-order valence-corrected chi connectivity index (χ2v) is 12.9. The zero-order valence-electron chi connectivity index (χ0n) is 26.8. The standard InChI is InChI=1S/C42H33N3O3S/c1-2-39(42(48)45-37-24-10-8-22-34(37)35-23-9-11-25-38(35)45)49-32-20-13-19-31(27-32)43-41(47)36(44-40(46)29-15-4-3-5-16-29)26-30-18-12-17-28-14-6-7-21-33(28)30/h3-27,39H,2H2,1H3,(H,43,47)(H,44,46)/b36-26-. The summed E-state index contributed by atoms with van der Waals surface area (Å²) in [5.41, 5.74) is 3.67. The summed E-state index contributed by atoms with van der Waals surface area (Å²) in [4.78, 5) is 42.1. The Morgan fingerprint density at radius 3 is 2.02 bits per heavy atom. The van der Waals surface area contributed by atoms with E-state index in [1.807, 2.05) is 127 Å². The third kappa shape index (κ3) is 6.62. The molecule has 1 aromatic heterocycles. The Morgan fingerprint density at radius 1 is 0.694 bits per heavy atom. The van der Waals surface area contributed by atoms with Crippen molar-refractivity contribution in [3.63, 3.8) is 0 Å². The maximum atomic E-state index is 14.1. The molecule has 0 aliphatic carbocycles. The minimum absolute atomic E-state index is 0.00303. The largest absolute Gasteiger partial charge is 0.321 e. The van der Waals surface area contributed by atoms with Crippen LogP contribution in [0.2, 0.25) is 0 Å². The van der Waals surface area contributed by atoms with E-state index in [9.17, 15) is 14.4 Å². The lowest BCUT2D eigenvalue weighted by atomic mass is 10.0. The predicted molar refractivity (Wildman–Crippen MR) is 201 cm³/mol. The van der Waals surface area contributed by atoms with Gasteiger partial charge in [-0.1, -0.05) is 110 Å². The first kappa shape index (κ1) is 31.7. The lowest BCUT2D eigenvalue weighted by molar-refractivity contribution is -0.113. The van der Waals surface area contributed by atoms with Gasteiger partial charge in [0.1, 0.15) is 5.70 Å². The molecular formula is C42H33N3O3S. The summed E-state index contributed by atoms with van der Waals surface area (Å²) in [5.74, 6) is -0.850. The van der Waals surface area contributed by atoms with Crippen LogP contribution in [-0.2, 0) is 4.79 Å². The van der Waals surface area contributed by atoms with Crippen molar-refractivity contribution in [2.45, 2.75) is 23.5 Å². The van der Waals surface area contributed by atoms with Crippen molar-refractivity contribution in [3.05, 3.63) is 162 Å². The lowest BCUT2D eigenvalue weighted by Crippen LogP contribution is -2.30. The Labute approximate surface area is 288 Å². The van der Waals surface area contributed by atoms with Crippen LogP contribution < -0.4 is 10.6 Å². The highest BCUT2D eigenvalue weighted by Gasteiger charge is 2.24. The third-order valence-corrected chi connectivity index (χ3v) is 9.81. The molecule has 0 bridgehead atoms. The van der Waals surface area contributed by atoms with Crippen LogP contribution in [-0.4, -0.2) is 27.5 Å². The first-order valence-corrected chi connectivity index (χ1v) is 17.0. The first-order chi connectivity index (χ1) is 24.0. The van der Waals surface area contributed by atoms with Crippen LogP contribution >= 0.6 is 11.8 Å². The normalized spacial score (nSPS) is 12.2. The smallest absolute Gasteiger partial charge is 0.272 e. The zero-order valence-corrected chi connectivity index (χ0v) is 27.6. The molecule has 1 unspecified atom stereocenters. The molecular weight excluding hydrogens is 627 g/mol. The number of benzene rings is 6. The summed E-state index contributed by atoms with van der Waals surface area (Å²) in [7, 11) is 0. The minimum Gasteiger partial charge on any atom is -0.321 e. The van der Waals surface area contributed by atoms with Crippen LogP contribution in [0.5, 0.6) is 0 Å². The molecule has 0 saturated heterocycles. The van der Waals surface area contributed by atoms with Crippen molar-refractivity contribution >= 4 is 73.8 Å². The third-order valence-electron chi connectivity index (χ3n) is 8.47. The van der Waals surface area contributed by atoms with Gasteiger partial charge in [0.15, 0.2) is 0 Å². The van der Waals surface area contributed by atoms with E-state index in [0.717, 1.165) is 43.0 Å². The number of aromatic nitrogens is 1. The molecule has 6 aromatic carbocycles. The number of rotatable bonds is 9. The molecule has 0 aliphatic rings. The topological polar surface area (TPSA) is 80.2 Å². The van der Waals surface area contributed by atoms with E-state index in [2.05, 4.69) is 10.6 Å². The summed E-state index contributed by atoms with van der Waals surface area (Å²) in [6.45, 7) is 2.01. The van der Waals surface area contributed by atoms with Gasteiger partial charge in [0, 0.05) is 26.9 Å². The monoisotopic (exact) mass is 659 g/mol. The number of hydrogen-bond acceptors (Lipinski definition) is 4. The molecule has 240 valence electrons. The molecule has 2 N–H and O–H groups in total. The number of carbonyl (C=O) groups is 3. The molecule has 0 radical (unpaired) electrons. The average molecular weight is 660 g/mol. The van der Waals surface area contributed by atoms with E-state index >= 15 is 0 Å². The fraction of sp³-hybridized carbons (Fsp3) is 0.0714. The number of anilines is 1. The van der Waals surface area contributed by atoms with Crippen LogP contribution in [0.3, 0.4) is 0 Å². The maximum Gasteiger partial charge on any atom is 0.272 e. The molecule has 0 aliphatic heterocycles. The van der Waals surface area contributed by atoms with Gasteiger partial charge in [0.05, 0.1) is 16.3 Å². The number of hydrogen-bond donors (Lipinski definition) is 2. The van der Waals surface area contributed by atoms with Crippen molar-refractivity contribution in [2.24, 2.45) is 0 Å². The highest BCUT2D eigenvalue weighted by Crippen LogP contribution is 2.34. The van der Waals surface area contributed by atoms with Crippen LogP contribution in [0.4, 0.5) is 5.69 Å². The van der Waals surface area contributed by atoms with Gasteiger partial charge in [0.25, 0.3) is 11.8 Å². The number of carbonyl (C=O) groups excluding carboxylic acids is 3. The fourth-order valence-electron chi connectivity index (χ4n) is 6.10. The fourth-order valence-corrected chi connectivity index (χ4v) is 7.15. The van der Waals surface area contributed by atoms with Crippen LogP contribution in [0.25, 0.3) is 38.7 Å². The number of para-hydroxylation sites is 2. The maximum absolute atomic E-state index is 14.1. The van der Waals surface area contributed by atoms with Crippen molar-refractivity contribution in [3.8, 4) is 0 Å². The SMILES string of the molecule is CCC(Sc1cccc(NC(=O)/C(=C/c2cccc3ccccc23)NC(=O)c2ccccc2)c1)C(=O)n1c2ccccc2c2ccccc21. The summed E-state index contributed by atoms with van der Waals surface area (Å²) in [5, 5.41) is 9.53. The van der Waals surface area contributed by atoms with Crippen molar-refractivity contribution in [1.82, 2.24) is 9.88 Å². The number of fused-ring (bicyclic) bond motifs is 4. The van der Waals surface area contributed by atoms with E-state index in [0.29, 0.717) is 17.7 Å². The molecule has 2 amide bonds. The molecule has 1 atom stereocenters. The van der Waals surface area contributed by atoms with Gasteiger partial charge in [-0.05, 0) is 71.3 Å². The Balaban J connectivity index is 1.16. The Hall–Kier alpha value is -5.92. The molecule has 0 fully saturated rings. The molecule has 0 spiro atoms. The van der Waals surface area contributed by atoms with Crippen LogP contribution in [0, 0.1) is 0 Å². The van der Waals surface area contributed by atoms with Gasteiger partial charge in [-0.15, -0.1) is 11.8 Å². The van der Waals surface area contributed by atoms with Gasteiger partial charge in [-0.3, -0.25) is 19.0 Å².